The first-order valence-corrected chi connectivity index (χ1v) is 6.19. The molecule has 0 aliphatic carbocycles. The van der Waals surface area contributed by atoms with Crippen molar-refractivity contribution in [3.05, 3.63) is 35.9 Å². The van der Waals surface area contributed by atoms with E-state index in [1.165, 1.54) is 6.92 Å². The minimum atomic E-state index is -0.876. The highest BCUT2D eigenvalue weighted by Gasteiger charge is 2.13. The number of aliphatic hydroxyl groups excluding tert-OH is 2. The molecule has 5 heteroatoms. The third-order valence-electron chi connectivity index (χ3n) is 2.44. The first kappa shape index (κ1) is 15.6. The predicted molar refractivity (Wildman–Crippen MR) is 69.4 cm³/mol. The van der Waals surface area contributed by atoms with Gasteiger partial charge in [-0.1, -0.05) is 30.3 Å². The molecule has 0 radical (unpaired) electrons. The van der Waals surface area contributed by atoms with Crippen LogP contribution in [0.25, 0.3) is 0 Å². The van der Waals surface area contributed by atoms with Gasteiger partial charge >= 0.3 is 5.97 Å². The number of hydrogen-bond donors (Lipinski definition) is 2. The molecule has 1 aromatic carbocycles. The van der Waals surface area contributed by atoms with Crippen LogP contribution in [-0.2, 0) is 20.9 Å². The normalized spacial score (nSPS) is 13.8. The number of rotatable bonds is 8. The van der Waals surface area contributed by atoms with E-state index in [2.05, 4.69) is 4.74 Å². The van der Waals surface area contributed by atoms with E-state index >= 15 is 0 Å². The minimum absolute atomic E-state index is 0.106. The Labute approximate surface area is 112 Å². The van der Waals surface area contributed by atoms with Crippen LogP contribution in [-0.4, -0.2) is 41.6 Å². The summed E-state index contributed by atoms with van der Waals surface area (Å²) in [4.78, 5) is 10.5. The zero-order valence-corrected chi connectivity index (χ0v) is 11.0. The van der Waals surface area contributed by atoms with Gasteiger partial charge in [0.05, 0.1) is 25.4 Å². The first-order chi connectivity index (χ1) is 9.08. The second kappa shape index (κ2) is 8.63. The van der Waals surface area contributed by atoms with Gasteiger partial charge in [-0.2, -0.15) is 0 Å². The maximum absolute atomic E-state index is 10.5. The molecule has 0 saturated carbocycles. The zero-order valence-electron chi connectivity index (χ0n) is 11.0. The van der Waals surface area contributed by atoms with Gasteiger partial charge in [-0.3, -0.25) is 4.79 Å². The van der Waals surface area contributed by atoms with Crippen molar-refractivity contribution in [3.8, 4) is 0 Å². The Hall–Kier alpha value is -1.43. The van der Waals surface area contributed by atoms with Gasteiger partial charge < -0.3 is 19.7 Å². The lowest BCUT2D eigenvalue weighted by atomic mass is 10.2. The monoisotopic (exact) mass is 268 g/mol. The Balaban J connectivity index is 2.13. The van der Waals surface area contributed by atoms with Crippen molar-refractivity contribution in [3.63, 3.8) is 0 Å². The molecule has 0 spiro atoms. The van der Waals surface area contributed by atoms with Gasteiger partial charge in [0.1, 0.15) is 6.61 Å². The molecule has 1 rings (SSSR count). The van der Waals surface area contributed by atoms with E-state index in [9.17, 15) is 15.0 Å². The van der Waals surface area contributed by atoms with Crippen LogP contribution in [0, 0.1) is 0 Å². The van der Waals surface area contributed by atoms with E-state index in [-0.39, 0.29) is 19.6 Å². The van der Waals surface area contributed by atoms with E-state index < -0.39 is 18.2 Å². The fourth-order valence-corrected chi connectivity index (χ4v) is 1.55. The lowest BCUT2D eigenvalue weighted by Crippen LogP contribution is -2.26. The average Bonchev–Trinajstić information content (AvgIpc) is 2.37. The van der Waals surface area contributed by atoms with Crippen LogP contribution in [0.15, 0.2) is 30.3 Å². The molecule has 0 aliphatic heterocycles. The van der Waals surface area contributed by atoms with E-state index in [0.717, 1.165) is 5.56 Å². The number of carbonyl (C=O) groups is 1. The van der Waals surface area contributed by atoms with Gasteiger partial charge in [-0.15, -0.1) is 0 Å². The summed E-state index contributed by atoms with van der Waals surface area (Å²) in [5, 5.41) is 19.1. The molecular formula is C14H20O5. The summed E-state index contributed by atoms with van der Waals surface area (Å²) in [7, 11) is 0. The Morgan fingerprint density at radius 3 is 2.42 bits per heavy atom. The second-order valence-electron chi connectivity index (χ2n) is 4.35. The van der Waals surface area contributed by atoms with Crippen LogP contribution in [0.5, 0.6) is 0 Å². The fraction of sp³-hybridized carbons (Fsp3) is 0.500. The maximum atomic E-state index is 10.5. The van der Waals surface area contributed by atoms with Gasteiger partial charge in [-0.25, -0.2) is 0 Å². The van der Waals surface area contributed by atoms with Crippen molar-refractivity contribution in [2.24, 2.45) is 0 Å². The molecule has 2 N–H and O–H groups in total. The smallest absolute Gasteiger partial charge is 0.302 e. The van der Waals surface area contributed by atoms with Crippen molar-refractivity contribution < 1.29 is 24.5 Å². The molecule has 0 saturated heterocycles. The average molecular weight is 268 g/mol. The third kappa shape index (κ3) is 7.56. The summed E-state index contributed by atoms with van der Waals surface area (Å²) in [5.74, 6) is -0.450. The minimum Gasteiger partial charge on any atom is -0.463 e. The van der Waals surface area contributed by atoms with Gasteiger partial charge in [-0.05, 0) is 5.56 Å². The standard InChI is InChI=1S/C14H20O5/c1-11(15)19-10-14(17)7-13(16)9-18-8-12-5-3-2-4-6-12/h2-6,13-14,16-17H,7-10H2,1H3/t13-,14-/m1/s1. The van der Waals surface area contributed by atoms with Gasteiger partial charge in [0.25, 0.3) is 0 Å². The number of ether oxygens (including phenoxy) is 2. The van der Waals surface area contributed by atoms with Crippen molar-refractivity contribution >= 4 is 5.97 Å². The Morgan fingerprint density at radius 1 is 1.16 bits per heavy atom. The summed E-state index contributed by atoms with van der Waals surface area (Å²) in [6.07, 6.45) is -1.55. The topological polar surface area (TPSA) is 76.0 Å². The summed E-state index contributed by atoms with van der Waals surface area (Å²) >= 11 is 0. The Bertz CT molecular complexity index is 365. The van der Waals surface area contributed by atoms with E-state index in [1.807, 2.05) is 30.3 Å². The number of hydrogen-bond acceptors (Lipinski definition) is 5. The molecule has 0 unspecified atom stereocenters. The van der Waals surface area contributed by atoms with Gasteiger partial charge in [0.15, 0.2) is 0 Å². The molecule has 0 fully saturated rings. The molecule has 0 aliphatic rings. The molecular weight excluding hydrogens is 248 g/mol. The number of benzene rings is 1. The van der Waals surface area contributed by atoms with E-state index in [1.54, 1.807) is 0 Å². The summed E-state index contributed by atoms with van der Waals surface area (Å²) in [6.45, 7) is 1.71. The lowest BCUT2D eigenvalue weighted by molar-refractivity contribution is -0.144. The molecule has 0 heterocycles. The Kier molecular flexibility index (Phi) is 7.10. The zero-order chi connectivity index (χ0) is 14.1. The summed E-state index contributed by atoms with van der Waals surface area (Å²) < 4.78 is 9.98. The van der Waals surface area contributed by atoms with Gasteiger partial charge in [0, 0.05) is 13.3 Å². The molecule has 2 atom stereocenters. The Morgan fingerprint density at radius 2 is 1.79 bits per heavy atom. The quantitative estimate of drug-likeness (QED) is 0.684. The summed E-state index contributed by atoms with van der Waals surface area (Å²) in [5.41, 5.74) is 1.02. The van der Waals surface area contributed by atoms with Crippen molar-refractivity contribution in [2.45, 2.75) is 32.2 Å². The highest BCUT2D eigenvalue weighted by Crippen LogP contribution is 2.04. The van der Waals surface area contributed by atoms with Crippen molar-refractivity contribution in [2.75, 3.05) is 13.2 Å². The molecule has 0 amide bonds. The molecule has 0 bridgehead atoms. The molecule has 5 nitrogen and oxygen atoms in total. The largest absolute Gasteiger partial charge is 0.463 e. The fourth-order valence-electron chi connectivity index (χ4n) is 1.55. The number of esters is 1. The van der Waals surface area contributed by atoms with E-state index in [0.29, 0.717) is 6.61 Å². The molecule has 106 valence electrons. The van der Waals surface area contributed by atoms with Gasteiger partial charge in [0.2, 0.25) is 0 Å². The number of aliphatic hydroxyl groups is 2. The first-order valence-electron chi connectivity index (χ1n) is 6.19. The molecule has 1 aromatic rings. The van der Waals surface area contributed by atoms with Crippen LogP contribution in [0.4, 0.5) is 0 Å². The predicted octanol–water partition coefficient (Wildman–Crippen LogP) is 0.878. The highest BCUT2D eigenvalue weighted by molar-refractivity contribution is 5.65. The molecule has 19 heavy (non-hydrogen) atoms. The number of carbonyl (C=O) groups excluding carboxylic acids is 1. The highest BCUT2D eigenvalue weighted by atomic mass is 16.5. The summed E-state index contributed by atoms with van der Waals surface area (Å²) in [6, 6.07) is 9.61. The molecule has 0 aromatic heterocycles. The van der Waals surface area contributed by atoms with Crippen molar-refractivity contribution in [1.82, 2.24) is 0 Å². The van der Waals surface area contributed by atoms with Crippen molar-refractivity contribution in [1.29, 1.82) is 0 Å². The van der Waals surface area contributed by atoms with Crippen LogP contribution in [0.3, 0.4) is 0 Å². The van der Waals surface area contributed by atoms with Crippen LogP contribution in [0.1, 0.15) is 18.9 Å². The van der Waals surface area contributed by atoms with E-state index in [4.69, 9.17) is 4.74 Å². The van der Waals surface area contributed by atoms with Crippen LogP contribution >= 0.6 is 0 Å². The van der Waals surface area contributed by atoms with Crippen LogP contribution in [0.2, 0.25) is 0 Å². The van der Waals surface area contributed by atoms with Crippen LogP contribution < -0.4 is 0 Å². The SMILES string of the molecule is CC(=O)OC[C@H](O)C[C@@H](O)COCc1ccccc1. The third-order valence-corrected chi connectivity index (χ3v) is 2.44. The second-order valence-corrected chi connectivity index (χ2v) is 4.35. The lowest BCUT2D eigenvalue weighted by Gasteiger charge is -2.15. The maximum Gasteiger partial charge on any atom is 0.302 e.